The fraction of sp³-hybridized carbons (Fsp3) is 0.524. The number of benzene rings is 2. The minimum Gasteiger partial charge on any atom is -0.478 e. The van der Waals surface area contributed by atoms with Gasteiger partial charge in [0.05, 0.1) is 37.8 Å². The Balaban J connectivity index is 1.34. The molecular formula is C42H52Cl2N6O9S2. The Morgan fingerprint density at radius 2 is 1.52 bits per heavy atom. The normalized spacial score (nSPS) is 18.9. The molecule has 1 unspecified atom stereocenters. The number of carbonyl (C=O) groups excluding carboxylic acids is 7. The number of carboxylic acids is 1. The lowest BCUT2D eigenvalue weighted by Crippen LogP contribution is -2.58. The van der Waals surface area contributed by atoms with Gasteiger partial charge in [0.25, 0.3) is 11.8 Å². The summed E-state index contributed by atoms with van der Waals surface area (Å²) >= 11 is 15.6. The molecule has 2 saturated heterocycles. The van der Waals surface area contributed by atoms with E-state index in [0.29, 0.717) is 24.8 Å². The van der Waals surface area contributed by atoms with Gasteiger partial charge in [-0.3, -0.25) is 33.6 Å². The molecule has 2 heterocycles. The third kappa shape index (κ3) is 12.0. The predicted octanol–water partition coefficient (Wildman–Crippen LogP) is 4.45. The molecule has 1 saturated carbocycles. The van der Waals surface area contributed by atoms with Gasteiger partial charge in [-0.2, -0.15) is 0 Å². The molecule has 3 aliphatic rings. The molecule has 330 valence electrons. The number of nitrogens with zero attached hydrogens (tertiary/aromatic N) is 2. The molecule has 2 aromatic rings. The summed E-state index contributed by atoms with van der Waals surface area (Å²) in [5.41, 5.74) is -0.128. The highest BCUT2D eigenvalue weighted by molar-refractivity contribution is 8.18. The lowest BCUT2D eigenvalue weighted by atomic mass is 9.83. The number of amides is 6. The van der Waals surface area contributed by atoms with Crippen molar-refractivity contribution in [3.05, 3.63) is 69.2 Å². The molecule has 4 atom stereocenters. The average Bonchev–Trinajstić information content (AvgIpc) is 3.62. The molecule has 15 nitrogen and oxygen atoms in total. The van der Waals surface area contributed by atoms with Crippen molar-refractivity contribution >= 4 is 93.9 Å². The summed E-state index contributed by atoms with van der Waals surface area (Å²) in [5, 5.41) is 20.3. The van der Waals surface area contributed by atoms with Crippen LogP contribution in [0, 0.1) is 5.92 Å². The second-order valence-electron chi connectivity index (χ2n) is 15.7. The van der Waals surface area contributed by atoms with E-state index in [1.54, 1.807) is 74.9 Å². The molecule has 0 bridgehead atoms. The fourth-order valence-electron chi connectivity index (χ4n) is 7.92. The number of rotatable bonds is 16. The number of hydrogen-bond acceptors (Lipinski definition) is 10. The van der Waals surface area contributed by atoms with Gasteiger partial charge in [0.2, 0.25) is 29.4 Å². The van der Waals surface area contributed by atoms with E-state index in [2.05, 4.69) is 21.3 Å². The zero-order valence-corrected chi connectivity index (χ0v) is 37.4. The Morgan fingerprint density at radius 3 is 2.13 bits per heavy atom. The first-order valence-corrected chi connectivity index (χ1v) is 23.1. The first-order valence-electron chi connectivity index (χ1n) is 20.3. The first-order chi connectivity index (χ1) is 29.1. The van der Waals surface area contributed by atoms with Crippen LogP contribution in [0.4, 0.5) is 0 Å². The van der Waals surface area contributed by atoms with Crippen LogP contribution in [0.1, 0.15) is 97.0 Å². The van der Waals surface area contributed by atoms with Crippen molar-refractivity contribution < 1.29 is 43.5 Å². The fourth-order valence-corrected chi connectivity index (χ4v) is 11.6. The number of carbonyl (C=O) groups is 8. The number of likely N-dealkylation sites (N-methyl/N-ethyl adjacent to an activating group) is 1. The Hall–Kier alpha value is -4.32. The highest BCUT2D eigenvalue weighted by atomic mass is 35.5. The molecule has 2 aliphatic heterocycles. The molecular weight excluding hydrogens is 868 g/mol. The van der Waals surface area contributed by atoms with Crippen LogP contribution in [0.3, 0.4) is 0 Å². The van der Waals surface area contributed by atoms with Crippen LogP contribution < -0.4 is 21.3 Å². The van der Waals surface area contributed by atoms with Gasteiger partial charge in [-0.05, 0) is 60.8 Å². The van der Waals surface area contributed by atoms with Crippen LogP contribution in [0.2, 0.25) is 10.0 Å². The van der Waals surface area contributed by atoms with Crippen molar-refractivity contribution in [2.45, 2.75) is 93.0 Å². The second-order valence-corrected chi connectivity index (χ2v) is 19.7. The molecule has 0 aromatic heterocycles. The Labute approximate surface area is 373 Å². The van der Waals surface area contributed by atoms with Crippen LogP contribution in [0.25, 0.3) is 0 Å². The molecule has 6 amide bonds. The molecule has 61 heavy (non-hydrogen) atoms. The highest BCUT2D eigenvalue weighted by Crippen LogP contribution is 2.50. The van der Waals surface area contributed by atoms with Crippen LogP contribution in [-0.4, -0.2) is 123 Å². The van der Waals surface area contributed by atoms with Crippen molar-refractivity contribution in [3.8, 4) is 0 Å². The van der Waals surface area contributed by atoms with Gasteiger partial charge in [-0.1, -0.05) is 86.1 Å². The minimum absolute atomic E-state index is 0.0387. The van der Waals surface area contributed by atoms with Crippen molar-refractivity contribution in [2.75, 3.05) is 38.7 Å². The third-order valence-electron chi connectivity index (χ3n) is 11.1. The number of Topliss-reactive ketones (excluding diaryl/α,β-unsaturated/α-hetero) is 1. The van der Waals surface area contributed by atoms with Gasteiger partial charge in [-0.25, -0.2) is 4.79 Å². The molecule has 3 fully saturated rings. The van der Waals surface area contributed by atoms with Gasteiger partial charge in [0, 0.05) is 27.1 Å². The Kier molecular flexibility index (Phi) is 16.9. The van der Waals surface area contributed by atoms with E-state index in [1.807, 2.05) is 0 Å². The largest absolute Gasteiger partial charge is 0.478 e. The quantitative estimate of drug-likeness (QED) is 0.149. The smallest absolute Gasteiger partial charge is 0.336 e. The van der Waals surface area contributed by atoms with Crippen molar-refractivity contribution in [1.29, 1.82) is 0 Å². The lowest BCUT2D eigenvalue weighted by molar-refractivity contribution is -0.143. The average molecular weight is 920 g/mol. The maximum absolute atomic E-state index is 14.9. The summed E-state index contributed by atoms with van der Waals surface area (Å²) in [6.07, 6.45) is 5.47. The van der Waals surface area contributed by atoms with E-state index in [9.17, 15) is 43.5 Å². The second kappa shape index (κ2) is 21.7. The molecule has 1 aliphatic carbocycles. The summed E-state index contributed by atoms with van der Waals surface area (Å²) < 4.78 is -0.544. The van der Waals surface area contributed by atoms with Crippen LogP contribution in [-0.2, 0) is 28.8 Å². The molecule has 1 spiro atoms. The van der Waals surface area contributed by atoms with E-state index >= 15 is 0 Å². The van der Waals surface area contributed by atoms with E-state index in [1.165, 1.54) is 9.80 Å². The standard InChI is InChI=1S/C42H52Cl2N6O9S2/c1-4-12-30(35(52)38(55)45-22-32(51)47-33(39(56)49(2)3)24-13-7-5-8-14-24)46-37(54)31-21-42(60-17-11-18-61-42)23-50(31)40(57)34(25-15-9-6-10-16-25)48-36(53)26-19-28(43)29(44)20-27(26)41(58)59/h5,7-8,13-14,19-20,25,30-31,33-34H,4,6,9-12,15-18,21-23H2,1-3H3,(H,45,55)(H,46,54)(H,47,51)(H,48,53)(H,58,59)/t30-,31-,33?,34-/m0/s1. The number of hydrogen-bond donors (Lipinski definition) is 5. The number of thioether (sulfide) groups is 2. The maximum Gasteiger partial charge on any atom is 0.336 e. The zero-order valence-electron chi connectivity index (χ0n) is 34.3. The van der Waals surface area contributed by atoms with Crippen molar-refractivity contribution in [3.63, 3.8) is 0 Å². The number of likely N-dealkylation sites (tertiary alicyclic amines) is 1. The summed E-state index contributed by atoms with van der Waals surface area (Å²) in [7, 11) is 3.09. The summed E-state index contributed by atoms with van der Waals surface area (Å²) in [4.78, 5) is 111. The summed E-state index contributed by atoms with van der Waals surface area (Å²) in [6.45, 7) is 1.33. The van der Waals surface area contributed by atoms with Crippen LogP contribution in [0.15, 0.2) is 42.5 Å². The topological polar surface area (TPSA) is 211 Å². The summed E-state index contributed by atoms with van der Waals surface area (Å²) in [6, 6.07) is 6.30. The number of halogens is 2. The maximum atomic E-state index is 14.9. The Bertz CT molecular complexity index is 2000. The predicted molar refractivity (Wildman–Crippen MR) is 235 cm³/mol. The van der Waals surface area contributed by atoms with Crippen molar-refractivity contribution in [2.24, 2.45) is 5.92 Å². The van der Waals surface area contributed by atoms with Gasteiger partial charge < -0.3 is 36.2 Å². The SMILES string of the molecule is CCC[C@H](NC(=O)[C@@H]1CC2(CN1C(=O)[C@@H](NC(=O)c1cc(Cl)c(Cl)cc1C(=O)O)C1CCCCC1)SCCCS2)C(=O)C(=O)NCC(=O)NC(C(=O)N(C)C)c1ccccc1. The number of aromatic carboxylic acids is 1. The first kappa shape index (κ1) is 47.7. The van der Waals surface area contributed by atoms with Gasteiger partial charge >= 0.3 is 5.97 Å². The van der Waals surface area contributed by atoms with Gasteiger partial charge in [0.1, 0.15) is 18.1 Å². The van der Waals surface area contributed by atoms with Crippen LogP contribution in [0.5, 0.6) is 0 Å². The van der Waals surface area contributed by atoms with Crippen LogP contribution >= 0.6 is 46.7 Å². The van der Waals surface area contributed by atoms with Gasteiger partial charge in [0.15, 0.2) is 0 Å². The van der Waals surface area contributed by atoms with E-state index in [-0.39, 0.29) is 46.5 Å². The number of ketones is 1. The number of nitrogens with one attached hydrogen (secondary N) is 4. The lowest BCUT2D eigenvalue weighted by Gasteiger charge is -2.35. The third-order valence-corrected chi connectivity index (χ3v) is 15.1. The zero-order chi connectivity index (χ0) is 44.4. The Morgan fingerprint density at radius 1 is 0.885 bits per heavy atom. The monoisotopic (exact) mass is 918 g/mol. The van der Waals surface area contributed by atoms with E-state index in [0.717, 1.165) is 49.3 Å². The molecule has 19 heteroatoms. The molecule has 2 aromatic carbocycles. The molecule has 5 rings (SSSR count). The van der Waals surface area contributed by atoms with Crippen molar-refractivity contribution in [1.82, 2.24) is 31.1 Å². The number of carboxylic acid groups (broad SMARTS) is 1. The highest BCUT2D eigenvalue weighted by Gasteiger charge is 2.52. The van der Waals surface area contributed by atoms with Gasteiger partial charge in [-0.15, -0.1) is 23.5 Å². The summed E-state index contributed by atoms with van der Waals surface area (Å²) in [5.74, 6) is -5.30. The van der Waals surface area contributed by atoms with E-state index in [4.69, 9.17) is 23.2 Å². The molecule has 5 N–H and O–H groups in total. The molecule has 0 radical (unpaired) electrons. The minimum atomic E-state index is -1.41. The van der Waals surface area contributed by atoms with E-state index < -0.39 is 82.0 Å².